The van der Waals surface area contributed by atoms with Crippen molar-refractivity contribution < 1.29 is 4.74 Å². The van der Waals surface area contributed by atoms with E-state index in [4.69, 9.17) is 4.74 Å². The van der Waals surface area contributed by atoms with Gasteiger partial charge in [0.15, 0.2) is 11.5 Å². The van der Waals surface area contributed by atoms with Crippen LogP contribution in [-0.4, -0.2) is 0 Å². The molecule has 3 aromatic rings. The first kappa shape index (κ1) is 12.8. The minimum atomic E-state index is 0.0135. The van der Waals surface area contributed by atoms with Crippen LogP contribution in [0.2, 0.25) is 0 Å². The summed E-state index contributed by atoms with van der Waals surface area (Å²) in [6, 6.07) is 21.1. The van der Waals surface area contributed by atoms with Gasteiger partial charge in [-0.15, -0.1) is 0 Å². The van der Waals surface area contributed by atoms with Crippen LogP contribution in [-0.2, 0) is 5.41 Å². The van der Waals surface area contributed by atoms with Crippen molar-refractivity contribution in [2.45, 2.75) is 19.3 Å². The average molecular weight is 299 g/mol. The zero-order chi connectivity index (χ0) is 15.6. The quantitative estimate of drug-likeness (QED) is 0.440. The minimum Gasteiger partial charge on any atom is -0.453 e. The molecule has 3 aromatic carbocycles. The van der Waals surface area contributed by atoms with E-state index in [0.717, 1.165) is 22.9 Å². The summed E-state index contributed by atoms with van der Waals surface area (Å²) < 4.78 is 6.12. The molecule has 0 radical (unpaired) electrons. The highest BCUT2D eigenvalue weighted by Gasteiger charge is 2.38. The van der Waals surface area contributed by atoms with E-state index < -0.39 is 0 Å². The van der Waals surface area contributed by atoms with Crippen LogP contribution in [0.4, 0.5) is 11.4 Å². The standard InChI is InChI=1S/C21H17NO/c1-21(2)14-8-4-3-7-13(14)19-15(21)11-12-18-20(19)22-16-9-5-6-10-17(16)23-18/h3-12,22H,1-2H3. The Kier molecular flexibility index (Phi) is 2.31. The van der Waals surface area contributed by atoms with Gasteiger partial charge in [0.1, 0.15) is 0 Å². The summed E-state index contributed by atoms with van der Waals surface area (Å²) in [5.74, 6) is 1.78. The third kappa shape index (κ3) is 1.58. The Bertz CT molecular complexity index is 956. The average Bonchev–Trinajstić information content (AvgIpc) is 2.81. The number of para-hydroxylation sites is 2. The van der Waals surface area contributed by atoms with E-state index in [1.54, 1.807) is 0 Å². The van der Waals surface area contributed by atoms with Crippen molar-refractivity contribution >= 4 is 11.4 Å². The summed E-state index contributed by atoms with van der Waals surface area (Å²) >= 11 is 0. The maximum absolute atomic E-state index is 6.12. The lowest BCUT2D eigenvalue weighted by Crippen LogP contribution is -2.15. The smallest absolute Gasteiger partial charge is 0.151 e. The largest absolute Gasteiger partial charge is 0.453 e. The van der Waals surface area contributed by atoms with E-state index >= 15 is 0 Å². The lowest BCUT2D eigenvalue weighted by atomic mass is 9.82. The fourth-order valence-corrected chi connectivity index (χ4v) is 3.90. The molecule has 0 saturated heterocycles. The number of nitrogens with one attached hydrogen (secondary N) is 1. The highest BCUT2D eigenvalue weighted by atomic mass is 16.5. The van der Waals surface area contributed by atoms with Crippen molar-refractivity contribution in [3.63, 3.8) is 0 Å². The summed E-state index contributed by atoms with van der Waals surface area (Å²) in [6.07, 6.45) is 0. The summed E-state index contributed by atoms with van der Waals surface area (Å²) in [5, 5.41) is 3.59. The molecule has 0 amide bonds. The molecule has 0 bridgehead atoms. The number of hydrogen-bond donors (Lipinski definition) is 1. The Morgan fingerprint density at radius 2 is 1.57 bits per heavy atom. The van der Waals surface area contributed by atoms with Crippen LogP contribution in [0.15, 0.2) is 60.7 Å². The molecule has 0 fully saturated rings. The number of benzene rings is 3. The van der Waals surface area contributed by atoms with Crippen LogP contribution >= 0.6 is 0 Å². The van der Waals surface area contributed by atoms with Gasteiger partial charge < -0.3 is 10.1 Å². The topological polar surface area (TPSA) is 21.3 Å². The van der Waals surface area contributed by atoms with Crippen LogP contribution in [0, 0.1) is 0 Å². The number of hydrogen-bond acceptors (Lipinski definition) is 2. The summed E-state index contributed by atoms with van der Waals surface area (Å²) in [6.45, 7) is 4.59. The maximum Gasteiger partial charge on any atom is 0.151 e. The van der Waals surface area contributed by atoms with E-state index in [-0.39, 0.29) is 5.41 Å². The van der Waals surface area contributed by atoms with Crippen molar-refractivity contribution in [3.05, 3.63) is 71.8 Å². The summed E-state index contributed by atoms with van der Waals surface area (Å²) in [4.78, 5) is 0. The van der Waals surface area contributed by atoms with E-state index in [2.05, 4.69) is 61.6 Å². The van der Waals surface area contributed by atoms with Crippen LogP contribution in [0.25, 0.3) is 11.1 Å². The Morgan fingerprint density at radius 3 is 2.48 bits per heavy atom. The zero-order valence-corrected chi connectivity index (χ0v) is 13.2. The molecule has 0 unspecified atom stereocenters. The second-order valence-corrected chi connectivity index (χ2v) is 6.76. The Labute approximate surface area is 135 Å². The van der Waals surface area contributed by atoms with Crippen molar-refractivity contribution in [2.24, 2.45) is 0 Å². The molecular formula is C21H17NO. The van der Waals surface area contributed by atoms with Gasteiger partial charge in [0.2, 0.25) is 0 Å². The first-order valence-electron chi connectivity index (χ1n) is 7.97. The molecule has 2 heteroatoms. The highest BCUT2D eigenvalue weighted by molar-refractivity contribution is 5.95. The molecule has 1 heterocycles. The van der Waals surface area contributed by atoms with E-state index in [1.165, 1.54) is 22.3 Å². The number of anilines is 2. The first-order chi connectivity index (χ1) is 11.2. The van der Waals surface area contributed by atoms with Gasteiger partial charge in [-0.25, -0.2) is 0 Å². The lowest BCUT2D eigenvalue weighted by Gasteiger charge is -2.26. The van der Waals surface area contributed by atoms with Gasteiger partial charge >= 0.3 is 0 Å². The van der Waals surface area contributed by atoms with Gasteiger partial charge in [0, 0.05) is 11.0 Å². The van der Waals surface area contributed by atoms with Gasteiger partial charge in [-0.3, -0.25) is 0 Å². The van der Waals surface area contributed by atoms with Crippen molar-refractivity contribution in [3.8, 4) is 22.6 Å². The van der Waals surface area contributed by atoms with Gasteiger partial charge in [-0.05, 0) is 34.9 Å². The third-order valence-corrected chi connectivity index (χ3v) is 5.08. The second kappa shape index (κ2) is 4.17. The molecule has 2 aliphatic rings. The highest BCUT2D eigenvalue weighted by Crippen LogP contribution is 2.56. The lowest BCUT2D eigenvalue weighted by molar-refractivity contribution is 0.481. The number of rotatable bonds is 0. The van der Waals surface area contributed by atoms with E-state index in [1.807, 2.05) is 18.2 Å². The van der Waals surface area contributed by atoms with Gasteiger partial charge in [-0.2, -0.15) is 0 Å². The van der Waals surface area contributed by atoms with E-state index in [9.17, 15) is 0 Å². The molecule has 0 spiro atoms. The van der Waals surface area contributed by atoms with Crippen molar-refractivity contribution in [1.82, 2.24) is 0 Å². The third-order valence-electron chi connectivity index (χ3n) is 5.08. The van der Waals surface area contributed by atoms with Crippen molar-refractivity contribution in [2.75, 3.05) is 5.32 Å². The maximum atomic E-state index is 6.12. The van der Waals surface area contributed by atoms with Crippen LogP contribution in [0.3, 0.4) is 0 Å². The molecule has 0 aromatic heterocycles. The predicted octanol–water partition coefficient (Wildman–Crippen LogP) is 5.84. The van der Waals surface area contributed by atoms with Crippen molar-refractivity contribution in [1.29, 1.82) is 0 Å². The van der Waals surface area contributed by atoms with Gasteiger partial charge in [-0.1, -0.05) is 56.3 Å². The monoisotopic (exact) mass is 299 g/mol. The summed E-state index contributed by atoms with van der Waals surface area (Å²) in [5.41, 5.74) is 7.43. The van der Waals surface area contributed by atoms with Gasteiger partial charge in [0.05, 0.1) is 11.4 Å². The zero-order valence-electron chi connectivity index (χ0n) is 13.2. The molecule has 1 N–H and O–H groups in total. The molecule has 112 valence electrons. The van der Waals surface area contributed by atoms with E-state index in [0.29, 0.717) is 0 Å². The number of ether oxygens (including phenoxy) is 1. The molecule has 0 saturated carbocycles. The molecule has 23 heavy (non-hydrogen) atoms. The fourth-order valence-electron chi connectivity index (χ4n) is 3.90. The van der Waals surface area contributed by atoms with Crippen LogP contribution in [0.5, 0.6) is 11.5 Å². The predicted molar refractivity (Wildman–Crippen MR) is 93.8 cm³/mol. The molecule has 1 aliphatic heterocycles. The van der Waals surface area contributed by atoms with Crippen LogP contribution < -0.4 is 10.1 Å². The molecule has 1 aliphatic carbocycles. The fraction of sp³-hybridized carbons (Fsp3) is 0.143. The molecular weight excluding hydrogens is 282 g/mol. The number of fused-ring (bicyclic) bond motifs is 6. The van der Waals surface area contributed by atoms with Crippen LogP contribution in [0.1, 0.15) is 25.0 Å². The molecule has 5 rings (SSSR count). The Hall–Kier alpha value is -2.74. The second-order valence-electron chi connectivity index (χ2n) is 6.76. The minimum absolute atomic E-state index is 0.0135. The first-order valence-corrected chi connectivity index (χ1v) is 7.97. The van der Waals surface area contributed by atoms with Gasteiger partial charge in [0.25, 0.3) is 0 Å². The molecule has 2 nitrogen and oxygen atoms in total. The SMILES string of the molecule is CC1(C)c2ccccc2-c2c1ccc1c2Nc2ccccc2O1. The Morgan fingerprint density at radius 1 is 0.783 bits per heavy atom. The Balaban J connectivity index is 1.80. The normalized spacial score (nSPS) is 15.6. The summed E-state index contributed by atoms with van der Waals surface area (Å²) in [7, 11) is 0. The molecule has 0 atom stereocenters.